The molecule has 0 unspecified atom stereocenters. The van der Waals surface area contributed by atoms with Crippen LogP contribution in [0.1, 0.15) is 0 Å². The zero-order valence-electron chi connectivity index (χ0n) is 7.14. The molecule has 0 bridgehead atoms. The second kappa shape index (κ2) is 3.50. The highest BCUT2D eigenvalue weighted by molar-refractivity contribution is 9.10. The van der Waals surface area contributed by atoms with Gasteiger partial charge in [-0.2, -0.15) is 0 Å². The molecule has 0 aliphatic rings. The summed E-state index contributed by atoms with van der Waals surface area (Å²) in [6.45, 7) is 2.67. The van der Waals surface area contributed by atoms with Gasteiger partial charge in [0.25, 0.3) is 0 Å². The van der Waals surface area contributed by atoms with Crippen molar-refractivity contribution in [2.45, 2.75) is 0 Å². The van der Waals surface area contributed by atoms with Crippen LogP contribution < -0.4 is 5.30 Å². The Balaban J connectivity index is 3.47. The van der Waals surface area contributed by atoms with E-state index in [0.717, 1.165) is 12.1 Å². The van der Waals surface area contributed by atoms with Gasteiger partial charge in [-0.3, -0.25) is 0 Å². The molecule has 5 heteroatoms. The summed E-state index contributed by atoms with van der Waals surface area (Å²) in [5.74, 6) is -1.53. The van der Waals surface area contributed by atoms with Crippen molar-refractivity contribution in [1.82, 2.24) is 0 Å². The van der Waals surface area contributed by atoms with Gasteiger partial charge in [0.15, 0.2) is 0 Å². The number of halogens is 3. The van der Waals surface area contributed by atoms with Gasteiger partial charge in [0.05, 0.1) is 5.30 Å². The molecule has 0 atom stereocenters. The van der Waals surface area contributed by atoms with Gasteiger partial charge in [-0.15, -0.1) is 0 Å². The van der Waals surface area contributed by atoms with Crippen LogP contribution in [0, 0.1) is 11.6 Å². The van der Waals surface area contributed by atoms with Gasteiger partial charge in [-0.25, -0.2) is 8.78 Å². The average molecular weight is 269 g/mol. The summed E-state index contributed by atoms with van der Waals surface area (Å²) in [6.07, 6.45) is 0. The van der Waals surface area contributed by atoms with E-state index in [-0.39, 0.29) is 5.30 Å². The molecule has 0 heterocycles. The van der Waals surface area contributed by atoms with Gasteiger partial charge in [0.1, 0.15) is 18.8 Å². The summed E-state index contributed by atoms with van der Waals surface area (Å²) in [5.41, 5.74) is 0. The van der Waals surface area contributed by atoms with Crippen LogP contribution in [-0.4, -0.2) is 13.3 Å². The van der Waals surface area contributed by atoms with Gasteiger partial charge < -0.3 is 4.57 Å². The second-order valence-electron chi connectivity index (χ2n) is 3.07. The molecule has 0 aliphatic carbocycles. The maximum absolute atomic E-state index is 13.2. The predicted molar refractivity (Wildman–Crippen MR) is 53.1 cm³/mol. The lowest BCUT2D eigenvalue weighted by Gasteiger charge is -2.09. The van der Waals surface area contributed by atoms with Crippen LogP contribution in [0.3, 0.4) is 0 Å². The largest absolute Gasteiger partial charge is 0.319 e. The summed E-state index contributed by atoms with van der Waals surface area (Å²) >= 11 is 2.94. The molecule has 13 heavy (non-hydrogen) atoms. The molecule has 1 aromatic rings. The second-order valence-corrected chi connectivity index (χ2v) is 7.13. The Bertz CT molecular complexity index is 363. The lowest BCUT2D eigenvalue weighted by molar-refractivity contribution is 0.573. The molecule has 0 aromatic heterocycles. The molecule has 0 spiro atoms. The van der Waals surface area contributed by atoms with Gasteiger partial charge in [-0.05, 0) is 25.5 Å². The average Bonchev–Trinajstić information content (AvgIpc) is 1.78. The van der Waals surface area contributed by atoms with Gasteiger partial charge in [-0.1, -0.05) is 15.9 Å². The quantitative estimate of drug-likeness (QED) is 0.716. The molecule has 1 rings (SSSR count). The van der Waals surface area contributed by atoms with Crippen molar-refractivity contribution in [1.29, 1.82) is 0 Å². The lowest BCUT2D eigenvalue weighted by Crippen LogP contribution is -2.13. The van der Waals surface area contributed by atoms with E-state index < -0.39 is 18.8 Å². The van der Waals surface area contributed by atoms with Gasteiger partial charge in [0.2, 0.25) is 0 Å². The summed E-state index contributed by atoms with van der Waals surface area (Å²) in [5, 5.41) is -0.310. The van der Waals surface area contributed by atoms with Crippen LogP contribution >= 0.6 is 23.1 Å². The molecule has 0 amide bonds. The van der Waals surface area contributed by atoms with Crippen molar-refractivity contribution in [3.63, 3.8) is 0 Å². The van der Waals surface area contributed by atoms with Gasteiger partial charge >= 0.3 is 0 Å². The molecule has 0 N–H and O–H groups in total. The first-order valence-corrected chi connectivity index (χ1v) is 6.92. The third-order valence-electron chi connectivity index (χ3n) is 1.52. The Hall–Kier alpha value is -0.210. The van der Waals surface area contributed by atoms with E-state index in [1.54, 1.807) is 0 Å². The van der Waals surface area contributed by atoms with Crippen molar-refractivity contribution >= 4 is 28.4 Å². The summed E-state index contributed by atoms with van der Waals surface area (Å²) in [7, 11) is -2.88. The highest BCUT2D eigenvalue weighted by atomic mass is 79.9. The van der Waals surface area contributed by atoms with Crippen LogP contribution in [0.15, 0.2) is 16.6 Å². The smallest absolute Gasteiger partial charge is 0.137 e. The zero-order valence-corrected chi connectivity index (χ0v) is 9.62. The first-order chi connectivity index (χ1) is 5.82. The van der Waals surface area contributed by atoms with Gasteiger partial charge in [0, 0.05) is 4.47 Å². The highest BCUT2D eigenvalue weighted by Gasteiger charge is 2.21. The highest BCUT2D eigenvalue weighted by Crippen LogP contribution is 2.37. The first kappa shape index (κ1) is 10.9. The SMILES string of the molecule is CP(C)(=O)c1c(F)cc(Br)cc1F. The molecular formula is C8H8BrF2OP. The zero-order chi connectivity index (χ0) is 10.2. The monoisotopic (exact) mass is 268 g/mol. The first-order valence-electron chi connectivity index (χ1n) is 3.52. The van der Waals surface area contributed by atoms with E-state index in [1.165, 1.54) is 13.3 Å². The Morgan fingerprint density at radius 1 is 1.23 bits per heavy atom. The Morgan fingerprint density at radius 3 is 1.92 bits per heavy atom. The van der Waals surface area contributed by atoms with Crippen molar-refractivity contribution in [2.75, 3.05) is 13.3 Å². The topological polar surface area (TPSA) is 17.1 Å². The lowest BCUT2D eigenvalue weighted by atomic mass is 10.3. The fourth-order valence-corrected chi connectivity index (χ4v) is 2.61. The number of hydrogen-bond donors (Lipinski definition) is 0. The Morgan fingerprint density at radius 2 is 1.62 bits per heavy atom. The molecule has 0 aliphatic heterocycles. The molecule has 0 saturated heterocycles. The molecule has 72 valence electrons. The summed E-state index contributed by atoms with van der Waals surface area (Å²) in [6, 6.07) is 2.22. The summed E-state index contributed by atoms with van der Waals surface area (Å²) < 4.78 is 38.1. The van der Waals surface area contributed by atoms with Crippen molar-refractivity contribution in [3.8, 4) is 0 Å². The summed E-state index contributed by atoms with van der Waals surface area (Å²) in [4.78, 5) is 0. The fourth-order valence-electron chi connectivity index (χ4n) is 1.05. The molecule has 1 nitrogen and oxygen atoms in total. The third kappa shape index (κ3) is 2.38. The minimum absolute atomic E-state index is 0.305. The molecule has 0 radical (unpaired) electrons. The van der Waals surface area contributed by atoms with Crippen LogP contribution in [0.5, 0.6) is 0 Å². The van der Waals surface area contributed by atoms with Crippen molar-refractivity contribution in [3.05, 3.63) is 28.2 Å². The molecule has 1 aromatic carbocycles. The number of hydrogen-bond acceptors (Lipinski definition) is 1. The number of benzene rings is 1. The van der Waals surface area contributed by atoms with Crippen LogP contribution in [0.25, 0.3) is 0 Å². The Kier molecular flexibility index (Phi) is 2.93. The van der Waals surface area contributed by atoms with E-state index in [9.17, 15) is 13.3 Å². The van der Waals surface area contributed by atoms with E-state index in [2.05, 4.69) is 15.9 Å². The van der Waals surface area contributed by atoms with Crippen molar-refractivity contribution < 1.29 is 13.3 Å². The molecular weight excluding hydrogens is 261 g/mol. The maximum atomic E-state index is 13.2. The van der Waals surface area contributed by atoms with Crippen LogP contribution in [-0.2, 0) is 4.57 Å². The number of rotatable bonds is 1. The minimum atomic E-state index is -2.88. The van der Waals surface area contributed by atoms with E-state index in [1.807, 2.05) is 0 Å². The van der Waals surface area contributed by atoms with Crippen molar-refractivity contribution in [2.24, 2.45) is 0 Å². The normalized spacial score (nSPS) is 11.8. The van der Waals surface area contributed by atoms with E-state index in [4.69, 9.17) is 0 Å². The standard InChI is InChI=1S/C8H8BrF2OP/c1-13(2,12)8-6(10)3-5(9)4-7(8)11/h3-4H,1-2H3. The van der Waals surface area contributed by atoms with E-state index >= 15 is 0 Å². The third-order valence-corrected chi connectivity index (χ3v) is 3.48. The maximum Gasteiger partial charge on any atom is 0.137 e. The van der Waals surface area contributed by atoms with Crippen LogP contribution in [0.4, 0.5) is 8.78 Å². The van der Waals surface area contributed by atoms with E-state index in [0.29, 0.717) is 4.47 Å². The molecule has 0 fully saturated rings. The molecule has 0 saturated carbocycles. The minimum Gasteiger partial charge on any atom is -0.319 e. The van der Waals surface area contributed by atoms with Crippen LogP contribution in [0.2, 0.25) is 0 Å². The Labute approximate surface area is 83.6 Å². The fraction of sp³-hybridized carbons (Fsp3) is 0.250. The predicted octanol–water partition coefficient (Wildman–Crippen LogP) is 2.98.